The minimum Gasteiger partial charge on any atom is -0.332 e. The number of rotatable bonds is 4. The zero-order valence-electron chi connectivity index (χ0n) is 12.3. The molecule has 118 valence electrons. The van der Waals surface area contributed by atoms with Crippen molar-refractivity contribution in [2.75, 3.05) is 16.8 Å². The van der Waals surface area contributed by atoms with Crippen LogP contribution in [-0.4, -0.2) is 41.7 Å². The highest BCUT2D eigenvalue weighted by atomic mass is 32.2. The first-order chi connectivity index (χ1) is 9.67. The first-order valence-corrected chi connectivity index (χ1v) is 9.43. The number of hydrogen-bond acceptors (Lipinski definition) is 6. The van der Waals surface area contributed by atoms with Crippen molar-refractivity contribution in [3.05, 3.63) is 5.01 Å². The van der Waals surface area contributed by atoms with Crippen molar-refractivity contribution in [3.63, 3.8) is 0 Å². The third kappa shape index (κ3) is 4.63. The molecule has 0 bridgehead atoms. The molecule has 1 fully saturated rings. The third-order valence-corrected chi connectivity index (χ3v) is 5.95. The second-order valence-corrected chi connectivity index (χ2v) is 9.33. The quantitative estimate of drug-likeness (QED) is 0.868. The molecule has 9 heteroatoms. The number of aromatic nitrogens is 2. The largest absolute Gasteiger partial charge is 0.332 e. The molecule has 7 nitrogen and oxygen atoms in total. The zero-order chi connectivity index (χ0) is 15.7. The van der Waals surface area contributed by atoms with Crippen LogP contribution in [0.15, 0.2) is 0 Å². The van der Waals surface area contributed by atoms with Crippen molar-refractivity contribution in [1.29, 1.82) is 0 Å². The first kappa shape index (κ1) is 16.2. The Morgan fingerprint density at radius 3 is 2.71 bits per heavy atom. The number of nitrogens with one attached hydrogen (secondary N) is 2. The fourth-order valence-electron chi connectivity index (χ4n) is 2.25. The van der Waals surface area contributed by atoms with Gasteiger partial charge in [-0.2, -0.15) is 0 Å². The predicted octanol–water partition coefficient (Wildman–Crippen LogP) is 1.44. The smallest absolute Gasteiger partial charge is 0.321 e. The summed E-state index contributed by atoms with van der Waals surface area (Å²) >= 11 is 1.33. The van der Waals surface area contributed by atoms with Crippen molar-refractivity contribution >= 4 is 32.3 Å². The van der Waals surface area contributed by atoms with Gasteiger partial charge in [0, 0.05) is 6.42 Å². The molecule has 0 saturated carbocycles. The number of sulfone groups is 1. The molecule has 1 atom stereocenters. The lowest BCUT2D eigenvalue weighted by Gasteiger charge is -2.23. The van der Waals surface area contributed by atoms with E-state index >= 15 is 0 Å². The molecule has 1 aliphatic rings. The lowest BCUT2D eigenvalue weighted by atomic mass is 10.0. The van der Waals surface area contributed by atoms with Gasteiger partial charge in [0.15, 0.2) is 9.84 Å². The van der Waals surface area contributed by atoms with Crippen LogP contribution in [0, 0.1) is 5.92 Å². The first-order valence-electron chi connectivity index (χ1n) is 6.79. The van der Waals surface area contributed by atoms with E-state index in [0.717, 1.165) is 11.4 Å². The van der Waals surface area contributed by atoms with Crippen molar-refractivity contribution in [2.24, 2.45) is 5.92 Å². The molecule has 0 unspecified atom stereocenters. The van der Waals surface area contributed by atoms with Crippen LogP contribution in [0.5, 0.6) is 0 Å². The Bertz CT molecular complexity index is 626. The Hall–Kier alpha value is -1.22. The molecule has 0 aromatic carbocycles. The summed E-state index contributed by atoms with van der Waals surface area (Å²) in [6.07, 6.45) is 1.24. The molecule has 2 N–H and O–H groups in total. The van der Waals surface area contributed by atoms with E-state index in [4.69, 9.17) is 0 Å². The van der Waals surface area contributed by atoms with E-state index in [0.29, 0.717) is 17.5 Å². The van der Waals surface area contributed by atoms with Gasteiger partial charge in [-0.3, -0.25) is 5.32 Å². The Morgan fingerprint density at radius 2 is 2.14 bits per heavy atom. The van der Waals surface area contributed by atoms with Crippen molar-refractivity contribution in [2.45, 2.75) is 39.2 Å². The number of hydrogen-bond donors (Lipinski definition) is 2. The number of anilines is 1. The van der Waals surface area contributed by atoms with Gasteiger partial charge in [0.25, 0.3) is 0 Å². The van der Waals surface area contributed by atoms with Crippen molar-refractivity contribution < 1.29 is 13.2 Å². The Balaban J connectivity index is 1.92. The fraction of sp³-hybridized carbons (Fsp3) is 0.750. The topological polar surface area (TPSA) is 101 Å². The number of urea groups is 1. The van der Waals surface area contributed by atoms with Gasteiger partial charge in [0.05, 0.1) is 17.0 Å². The van der Waals surface area contributed by atoms with Gasteiger partial charge in [-0.05, 0) is 19.3 Å². The van der Waals surface area contributed by atoms with Gasteiger partial charge in [0.1, 0.15) is 5.01 Å². The average Bonchev–Trinajstić information content (AvgIpc) is 2.82. The molecule has 2 amide bonds. The highest BCUT2D eigenvalue weighted by molar-refractivity contribution is 7.91. The second-order valence-electron chi connectivity index (χ2n) is 6.08. The van der Waals surface area contributed by atoms with Crippen molar-refractivity contribution in [3.8, 4) is 0 Å². The third-order valence-electron chi connectivity index (χ3n) is 3.19. The highest BCUT2D eigenvalue weighted by Gasteiger charge is 2.39. The number of carbonyl (C=O) groups excluding carboxylic acids is 1. The molecular formula is C12H20N4O3S2. The summed E-state index contributed by atoms with van der Waals surface area (Å²) < 4.78 is 23.0. The van der Waals surface area contributed by atoms with E-state index < -0.39 is 21.4 Å². The highest BCUT2D eigenvalue weighted by Crippen LogP contribution is 2.23. The molecule has 2 heterocycles. The van der Waals surface area contributed by atoms with Crippen LogP contribution in [0.4, 0.5) is 9.93 Å². The number of carbonyl (C=O) groups is 1. The van der Waals surface area contributed by atoms with E-state index in [1.807, 2.05) is 0 Å². The number of nitrogens with zero attached hydrogens (tertiary/aromatic N) is 2. The van der Waals surface area contributed by atoms with Crippen LogP contribution in [0.25, 0.3) is 0 Å². The monoisotopic (exact) mass is 332 g/mol. The normalized spacial score (nSPS) is 24.2. The van der Waals surface area contributed by atoms with E-state index in [-0.39, 0.29) is 11.5 Å². The molecule has 2 rings (SSSR count). The van der Waals surface area contributed by atoms with Crippen LogP contribution in [0.2, 0.25) is 0 Å². The summed E-state index contributed by atoms with van der Waals surface area (Å²) in [6.45, 7) is 5.91. The maximum absolute atomic E-state index is 11.9. The lowest BCUT2D eigenvalue weighted by Crippen LogP contribution is -2.48. The van der Waals surface area contributed by atoms with Gasteiger partial charge in [-0.15, -0.1) is 10.2 Å². The molecule has 1 saturated heterocycles. The van der Waals surface area contributed by atoms with E-state index in [2.05, 4.69) is 34.7 Å². The number of amides is 2. The summed E-state index contributed by atoms with van der Waals surface area (Å²) in [5.41, 5.74) is -0.714. The molecular weight excluding hydrogens is 312 g/mol. The summed E-state index contributed by atoms with van der Waals surface area (Å²) in [5.74, 6) is 0.561. The van der Waals surface area contributed by atoms with E-state index in [1.165, 1.54) is 11.3 Å². The Labute approximate surface area is 128 Å². The maximum Gasteiger partial charge on any atom is 0.321 e. The van der Waals surface area contributed by atoms with Crippen LogP contribution < -0.4 is 10.6 Å². The van der Waals surface area contributed by atoms with Crippen molar-refractivity contribution in [1.82, 2.24) is 15.5 Å². The zero-order valence-corrected chi connectivity index (χ0v) is 14.0. The van der Waals surface area contributed by atoms with Gasteiger partial charge < -0.3 is 5.32 Å². The fourth-order valence-corrected chi connectivity index (χ4v) is 5.29. The molecule has 1 aromatic heterocycles. The van der Waals surface area contributed by atoms with Gasteiger partial charge >= 0.3 is 6.03 Å². The van der Waals surface area contributed by atoms with Gasteiger partial charge in [-0.1, -0.05) is 25.2 Å². The second kappa shape index (κ2) is 5.88. The summed E-state index contributed by atoms with van der Waals surface area (Å²) in [5, 5.41) is 14.6. The van der Waals surface area contributed by atoms with Crippen LogP contribution in [0.1, 0.15) is 32.2 Å². The summed E-state index contributed by atoms with van der Waals surface area (Å²) in [7, 11) is -3.05. The predicted molar refractivity (Wildman–Crippen MR) is 82.3 cm³/mol. The van der Waals surface area contributed by atoms with Gasteiger partial charge in [0.2, 0.25) is 5.13 Å². The molecule has 0 radical (unpaired) electrons. The molecule has 1 aromatic rings. The van der Waals surface area contributed by atoms with Gasteiger partial charge in [-0.25, -0.2) is 13.2 Å². The molecule has 21 heavy (non-hydrogen) atoms. The minimum atomic E-state index is -3.05. The summed E-state index contributed by atoms with van der Waals surface area (Å²) in [4.78, 5) is 11.9. The average molecular weight is 332 g/mol. The maximum atomic E-state index is 11.9. The SMILES string of the molecule is CC(C)Cc1nnc(NC(=O)N[C@@]2(C)CCS(=O)(=O)C2)s1. The lowest BCUT2D eigenvalue weighted by molar-refractivity contribution is 0.242. The molecule has 1 aliphatic heterocycles. The Kier molecular flexibility index (Phi) is 4.52. The van der Waals surface area contributed by atoms with E-state index in [9.17, 15) is 13.2 Å². The minimum absolute atomic E-state index is 0.0257. The van der Waals surface area contributed by atoms with Crippen LogP contribution in [-0.2, 0) is 16.3 Å². The summed E-state index contributed by atoms with van der Waals surface area (Å²) in [6, 6.07) is -0.443. The van der Waals surface area contributed by atoms with E-state index in [1.54, 1.807) is 6.92 Å². The molecule has 0 aliphatic carbocycles. The van der Waals surface area contributed by atoms with Crippen LogP contribution >= 0.6 is 11.3 Å². The Morgan fingerprint density at radius 1 is 1.43 bits per heavy atom. The standard InChI is InChI=1S/C12H20N4O3S2/c1-8(2)6-9-15-16-11(20-9)13-10(17)14-12(3)4-5-21(18,19)7-12/h8H,4-7H2,1-3H3,(H2,13,14,16,17)/t12-/m0/s1. The molecule has 0 spiro atoms. The van der Waals surface area contributed by atoms with Crippen LogP contribution in [0.3, 0.4) is 0 Å².